The Morgan fingerprint density at radius 3 is 2.52 bits per heavy atom. The Morgan fingerprint density at radius 2 is 1.79 bits per heavy atom. The number of hydrogen-bond acceptors (Lipinski definition) is 7. The van der Waals surface area contributed by atoms with Crippen molar-refractivity contribution in [2.45, 2.75) is 87.6 Å². The third-order valence-corrected chi connectivity index (χ3v) is 8.37. The maximum Gasteiger partial charge on any atom is 0.265 e. The lowest BCUT2D eigenvalue weighted by molar-refractivity contribution is -0.121. The Kier molecular flexibility index (Phi) is 6.38. The summed E-state index contributed by atoms with van der Waals surface area (Å²) in [7, 11) is -3.73. The molecule has 1 N–H and O–H groups in total. The molecule has 0 atom stereocenters. The van der Waals surface area contributed by atoms with Crippen LogP contribution in [0.1, 0.15) is 81.8 Å². The number of fused-ring (bicyclic) bond motifs is 1. The number of nitrogens with zero attached hydrogens (tertiary/aromatic N) is 3. The van der Waals surface area contributed by atoms with E-state index in [1.54, 1.807) is 6.07 Å². The van der Waals surface area contributed by atoms with Gasteiger partial charge in [0.1, 0.15) is 5.75 Å². The molecule has 1 aromatic heterocycles. The number of sulfonamides is 1. The molecular weight excluding hydrogens is 444 g/mol. The maximum atomic E-state index is 13.2. The van der Waals surface area contributed by atoms with Gasteiger partial charge in [-0.3, -0.25) is 9.69 Å². The number of aromatic nitrogens is 2. The van der Waals surface area contributed by atoms with Crippen LogP contribution in [-0.4, -0.2) is 37.1 Å². The smallest absolute Gasteiger partial charge is 0.265 e. The summed E-state index contributed by atoms with van der Waals surface area (Å²) < 4.78 is 40.1. The number of amides is 1. The Morgan fingerprint density at radius 1 is 1.03 bits per heavy atom. The van der Waals surface area contributed by atoms with E-state index >= 15 is 0 Å². The highest BCUT2D eigenvalue weighted by Gasteiger charge is 2.31. The van der Waals surface area contributed by atoms with E-state index in [0.29, 0.717) is 29.1 Å². The van der Waals surface area contributed by atoms with E-state index in [9.17, 15) is 13.2 Å². The van der Waals surface area contributed by atoms with Crippen molar-refractivity contribution in [2.75, 3.05) is 11.5 Å². The molecule has 0 radical (unpaired) electrons. The van der Waals surface area contributed by atoms with Crippen LogP contribution in [-0.2, 0) is 21.4 Å². The third-order valence-electron chi connectivity index (χ3n) is 6.85. The molecule has 0 spiro atoms. The molecule has 33 heavy (non-hydrogen) atoms. The van der Waals surface area contributed by atoms with Gasteiger partial charge in [-0.05, 0) is 43.9 Å². The minimum Gasteiger partial charge on any atom is -0.482 e. The van der Waals surface area contributed by atoms with Gasteiger partial charge in [0, 0.05) is 12.0 Å². The summed E-state index contributed by atoms with van der Waals surface area (Å²) in [6.45, 7) is -0.0161. The van der Waals surface area contributed by atoms with Crippen LogP contribution >= 0.6 is 0 Å². The lowest BCUT2D eigenvalue weighted by Gasteiger charge is -2.29. The average Bonchev–Trinajstić information content (AvgIpc) is 3.18. The predicted molar refractivity (Wildman–Crippen MR) is 120 cm³/mol. The second kappa shape index (κ2) is 9.42. The fourth-order valence-electron chi connectivity index (χ4n) is 4.68. The zero-order valence-corrected chi connectivity index (χ0v) is 19.5. The molecule has 1 aliphatic heterocycles. The highest BCUT2D eigenvalue weighted by atomic mass is 32.2. The number of rotatable bonds is 6. The number of hydrogen-bond donors (Lipinski definition) is 1. The van der Waals surface area contributed by atoms with E-state index in [1.807, 2.05) is 0 Å². The summed E-state index contributed by atoms with van der Waals surface area (Å²) >= 11 is 0. The quantitative estimate of drug-likeness (QED) is 0.679. The van der Waals surface area contributed by atoms with Crippen molar-refractivity contribution < 1.29 is 22.5 Å². The van der Waals surface area contributed by atoms with Crippen LogP contribution in [0.3, 0.4) is 0 Å². The zero-order chi connectivity index (χ0) is 22.8. The Hall–Kier alpha value is -2.46. The third kappa shape index (κ3) is 4.91. The predicted octanol–water partition coefficient (Wildman–Crippen LogP) is 3.65. The monoisotopic (exact) mass is 474 g/mol. The van der Waals surface area contributed by atoms with Crippen molar-refractivity contribution in [1.82, 2.24) is 14.9 Å². The van der Waals surface area contributed by atoms with Crippen LogP contribution in [0.5, 0.6) is 5.75 Å². The number of carbonyl (C=O) groups is 1. The topological polar surface area (TPSA) is 115 Å². The summed E-state index contributed by atoms with van der Waals surface area (Å²) in [5.41, 5.74) is 0.404. The molecule has 2 fully saturated rings. The lowest BCUT2D eigenvalue weighted by Crippen LogP contribution is -2.39. The van der Waals surface area contributed by atoms with Gasteiger partial charge in [-0.25, -0.2) is 13.1 Å². The number of nitrogens with one attached hydrogen (secondary N) is 1. The van der Waals surface area contributed by atoms with Crippen LogP contribution in [0, 0.1) is 0 Å². The summed E-state index contributed by atoms with van der Waals surface area (Å²) in [5.74, 6) is 1.49. The Balaban J connectivity index is 1.36. The molecule has 0 bridgehead atoms. The van der Waals surface area contributed by atoms with Crippen molar-refractivity contribution in [3.8, 4) is 5.75 Å². The van der Waals surface area contributed by atoms with Crippen molar-refractivity contribution in [2.24, 2.45) is 0 Å². The summed E-state index contributed by atoms with van der Waals surface area (Å²) in [5, 5.41) is 4.03. The van der Waals surface area contributed by atoms with Gasteiger partial charge in [0.25, 0.3) is 5.91 Å². The molecule has 178 valence electrons. The zero-order valence-electron chi connectivity index (χ0n) is 18.7. The molecule has 0 saturated heterocycles. The molecule has 2 aliphatic carbocycles. The van der Waals surface area contributed by atoms with E-state index in [-0.39, 0.29) is 30.0 Å². The van der Waals surface area contributed by atoms with Gasteiger partial charge in [-0.1, -0.05) is 43.7 Å². The lowest BCUT2D eigenvalue weighted by atomic mass is 9.85. The molecule has 2 aromatic rings. The molecule has 9 nitrogen and oxygen atoms in total. The summed E-state index contributed by atoms with van der Waals surface area (Å²) in [6, 6.07) is 4.58. The van der Waals surface area contributed by atoms with Crippen LogP contribution in [0.25, 0.3) is 0 Å². The molecule has 2 heterocycles. The SMILES string of the molecule is O=C1COc2ccc(S(=O)(=O)NC3CCCCCCC3)cc2N1Cc1noc(C2CCC2)n1. The molecule has 2 saturated carbocycles. The molecule has 3 aliphatic rings. The number of ether oxygens (including phenoxy) is 1. The maximum absolute atomic E-state index is 13.2. The van der Waals surface area contributed by atoms with Crippen LogP contribution in [0.2, 0.25) is 0 Å². The molecular formula is C23H30N4O5S. The van der Waals surface area contributed by atoms with Gasteiger partial charge in [-0.15, -0.1) is 0 Å². The van der Waals surface area contributed by atoms with Crippen molar-refractivity contribution in [3.05, 3.63) is 29.9 Å². The number of benzene rings is 1. The van der Waals surface area contributed by atoms with Gasteiger partial charge in [0.15, 0.2) is 12.4 Å². The first-order valence-corrected chi connectivity index (χ1v) is 13.4. The average molecular weight is 475 g/mol. The van der Waals surface area contributed by atoms with Crippen LogP contribution in [0.4, 0.5) is 5.69 Å². The number of anilines is 1. The van der Waals surface area contributed by atoms with Gasteiger partial charge >= 0.3 is 0 Å². The van der Waals surface area contributed by atoms with Crippen molar-refractivity contribution >= 4 is 21.6 Å². The normalized spacial score (nSPS) is 20.5. The van der Waals surface area contributed by atoms with Gasteiger partial charge in [-0.2, -0.15) is 4.98 Å². The Labute approximate surface area is 193 Å². The van der Waals surface area contributed by atoms with Gasteiger partial charge in [0.05, 0.1) is 17.1 Å². The first-order chi connectivity index (χ1) is 16.0. The fourth-order valence-corrected chi connectivity index (χ4v) is 6.00. The van der Waals surface area contributed by atoms with Gasteiger partial charge < -0.3 is 9.26 Å². The van der Waals surface area contributed by atoms with E-state index in [2.05, 4.69) is 14.9 Å². The first-order valence-electron chi connectivity index (χ1n) is 11.9. The summed E-state index contributed by atoms with van der Waals surface area (Å²) in [6.07, 6.45) is 10.5. The number of carbonyl (C=O) groups excluding carboxylic acids is 1. The second-order valence-corrected chi connectivity index (χ2v) is 11.0. The second-order valence-electron chi connectivity index (χ2n) is 9.24. The van der Waals surface area contributed by atoms with Crippen LogP contribution < -0.4 is 14.4 Å². The standard InChI is InChI=1S/C23H30N4O5S/c28-22-15-31-20-12-11-18(33(29,30)26-17-9-4-2-1-3-5-10-17)13-19(20)27(22)14-21-24-23(32-25-21)16-7-6-8-16/h11-13,16-17,26H,1-10,14-15H2. The minimum absolute atomic E-state index is 0.0652. The first kappa shape index (κ1) is 22.3. The van der Waals surface area contributed by atoms with E-state index in [0.717, 1.165) is 57.8 Å². The van der Waals surface area contributed by atoms with Crippen LogP contribution in [0.15, 0.2) is 27.6 Å². The molecule has 1 aromatic carbocycles. The minimum atomic E-state index is -3.73. The van der Waals surface area contributed by atoms with Crippen molar-refractivity contribution in [1.29, 1.82) is 0 Å². The highest BCUT2D eigenvalue weighted by molar-refractivity contribution is 7.89. The van der Waals surface area contributed by atoms with E-state index in [4.69, 9.17) is 9.26 Å². The van der Waals surface area contributed by atoms with Gasteiger partial charge in [0.2, 0.25) is 15.9 Å². The van der Waals surface area contributed by atoms with E-state index in [1.165, 1.54) is 23.5 Å². The van der Waals surface area contributed by atoms with Crippen molar-refractivity contribution in [3.63, 3.8) is 0 Å². The molecule has 1 amide bonds. The Bertz CT molecular complexity index is 1100. The molecule has 0 unspecified atom stereocenters. The van der Waals surface area contributed by atoms with E-state index < -0.39 is 10.0 Å². The largest absolute Gasteiger partial charge is 0.482 e. The highest BCUT2D eigenvalue weighted by Crippen LogP contribution is 2.37. The molecule has 5 rings (SSSR count). The summed E-state index contributed by atoms with van der Waals surface area (Å²) in [4.78, 5) is 18.7. The fraction of sp³-hybridized carbons (Fsp3) is 0.609. The molecule has 10 heteroatoms.